The van der Waals surface area contributed by atoms with Crippen LogP contribution in [0, 0.1) is 0 Å². The summed E-state index contributed by atoms with van der Waals surface area (Å²) in [4.78, 5) is 0. The number of benzene rings is 1. The molecule has 0 saturated heterocycles. The van der Waals surface area contributed by atoms with Gasteiger partial charge in [-0.3, -0.25) is 0 Å². The Hall–Kier alpha value is -1.33. The maximum atomic E-state index is 9.33. The number of aliphatic hydroxyl groups is 1. The average molecular weight is 289 g/mol. The highest BCUT2D eigenvalue weighted by Crippen LogP contribution is 2.33. The standard InChI is InChI=1S/C15H19N3OS/c1-2-7-18-14(10-19)16-17-15(18)20-13-8-11-5-3-4-6-12(11)9-13/h3-6,13,19H,2,7-10H2,1H3. The highest BCUT2D eigenvalue weighted by atomic mass is 32.2. The molecule has 0 aliphatic heterocycles. The molecule has 0 unspecified atom stereocenters. The van der Waals surface area contributed by atoms with Crippen LogP contribution in [0.4, 0.5) is 0 Å². The molecule has 0 bridgehead atoms. The average Bonchev–Trinajstić information content (AvgIpc) is 3.03. The third kappa shape index (κ3) is 2.60. The van der Waals surface area contributed by atoms with Crippen LogP contribution >= 0.6 is 11.8 Å². The van der Waals surface area contributed by atoms with E-state index in [9.17, 15) is 5.11 Å². The van der Waals surface area contributed by atoms with Gasteiger partial charge >= 0.3 is 0 Å². The van der Waals surface area contributed by atoms with Crippen molar-refractivity contribution >= 4 is 11.8 Å². The predicted molar refractivity (Wildman–Crippen MR) is 79.7 cm³/mol. The van der Waals surface area contributed by atoms with E-state index in [1.54, 1.807) is 11.8 Å². The first-order chi connectivity index (χ1) is 9.81. The van der Waals surface area contributed by atoms with Gasteiger partial charge in [-0.25, -0.2) is 0 Å². The molecule has 1 aromatic carbocycles. The van der Waals surface area contributed by atoms with E-state index in [0.717, 1.165) is 31.0 Å². The molecule has 0 amide bonds. The van der Waals surface area contributed by atoms with Gasteiger partial charge in [0.25, 0.3) is 0 Å². The summed E-state index contributed by atoms with van der Waals surface area (Å²) in [6.45, 7) is 2.95. The van der Waals surface area contributed by atoms with Gasteiger partial charge in [-0.15, -0.1) is 10.2 Å². The van der Waals surface area contributed by atoms with E-state index < -0.39 is 0 Å². The number of aromatic nitrogens is 3. The van der Waals surface area contributed by atoms with E-state index in [-0.39, 0.29) is 6.61 Å². The normalized spacial score (nSPS) is 14.7. The topological polar surface area (TPSA) is 50.9 Å². The maximum absolute atomic E-state index is 9.33. The van der Waals surface area contributed by atoms with E-state index >= 15 is 0 Å². The second kappa shape index (κ2) is 5.97. The quantitative estimate of drug-likeness (QED) is 0.918. The first kappa shape index (κ1) is 13.6. The molecule has 106 valence electrons. The minimum atomic E-state index is -0.0432. The Morgan fingerprint density at radius 2 is 1.95 bits per heavy atom. The van der Waals surface area contributed by atoms with Crippen LogP contribution in [0.15, 0.2) is 29.4 Å². The van der Waals surface area contributed by atoms with Gasteiger partial charge in [0.05, 0.1) is 0 Å². The lowest BCUT2D eigenvalue weighted by Gasteiger charge is -2.10. The van der Waals surface area contributed by atoms with E-state index in [1.165, 1.54) is 11.1 Å². The van der Waals surface area contributed by atoms with Crippen molar-refractivity contribution in [1.82, 2.24) is 14.8 Å². The first-order valence-corrected chi connectivity index (χ1v) is 7.96. The lowest BCUT2D eigenvalue weighted by molar-refractivity contribution is 0.263. The van der Waals surface area contributed by atoms with Gasteiger partial charge in [-0.05, 0) is 30.4 Å². The molecule has 1 aliphatic rings. The molecule has 1 aliphatic carbocycles. The number of hydrogen-bond acceptors (Lipinski definition) is 4. The fraction of sp³-hybridized carbons (Fsp3) is 0.467. The summed E-state index contributed by atoms with van der Waals surface area (Å²) in [5, 5.41) is 19.1. The number of aliphatic hydroxyl groups excluding tert-OH is 1. The van der Waals surface area contributed by atoms with Crippen LogP contribution in [0.2, 0.25) is 0 Å². The minimum Gasteiger partial charge on any atom is -0.388 e. The molecular formula is C15H19N3OS. The van der Waals surface area contributed by atoms with Gasteiger partial charge in [0.2, 0.25) is 0 Å². The lowest BCUT2D eigenvalue weighted by atomic mass is 10.1. The molecule has 5 heteroatoms. The van der Waals surface area contributed by atoms with Crippen molar-refractivity contribution in [2.75, 3.05) is 0 Å². The summed E-state index contributed by atoms with van der Waals surface area (Å²) in [6.07, 6.45) is 3.20. The molecule has 3 rings (SSSR count). The Balaban J connectivity index is 1.75. The molecule has 20 heavy (non-hydrogen) atoms. The van der Waals surface area contributed by atoms with Gasteiger partial charge in [0.15, 0.2) is 11.0 Å². The third-order valence-electron chi connectivity index (χ3n) is 3.67. The van der Waals surface area contributed by atoms with Crippen LogP contribution in [-0.4, -0.2) is 25.1 Å². The Kier molecular flexibility index (Phi) is 4.08. The predicted octanol–water partition coefficient (Wildman–Crippen LogP) is 2.44. The molecule has 1 aromatic heterocycles. The number of thioether (sulfide) groups is 1. The van der Waals surface area contributed by atoms with Crippen LogP contribution < -0.4 is 0 Å². The summed E-state index contributed by atoms with van der Waals surface area (Å²) in [6, 6.07) is 8.64. The smallest absolute Gasteiger partial charge is 0.191 e. The van der Waals surface area contributed by atoms with Gasteiger partial charge in [0.1, 0.15) is 6.61 Å². The second-order valence-electron chi connectivity index (χ2n) is 5.13. The van der Waals surface area contributed by atoms with Crippen LogP contribution in [0.3, 0.4) is 0 Å². The van der Waals surface area contributed by atoms with E-state index in [4.69, 9.17) is 0 Å². The molecular weight excluding hydrogens is 270 g/mol. The van der Waals surface area contributed by atoms with Crippen molar-refractivity contribution in [1.29, 1.82) is 0 Å². The zero-order valence-corrected chi connectivity index (χ0v) is 12.4. The minimum absolute atomic E-state index is 0.0432. The summed E-state index contributed by atoms with van der Waals surface area (Å²) < 4.78 is 2.05. The highest BCUT2D eigenvalue weighted by Gasteiger charge is 2.24. The summed E-state index contributed by atoms with van der Waals surface area (Å²) in [5.41, 5.74) is 2.91. The van der Waals surface area contributed by atoms with Gasteiger partial charge in [-0.1, -0.05) is 43.0 Å². The van der Waals surface area contributed by atoms with Gasteiger partial charge in [-0.2, -0.15) is 0 Å². The highest BCUT2D eigenvalue weighted by molar-refractivity contribution is 7.99. The molecule has 0 spiro atoms. The van der Waals surface area contributed by atoms with Crippen molar-refractivity contribution in [2.24, 2.45) is 0 Å². The van der Waals surface area contributed by atoms with Crippen molar-refractivity contribution in [2.45, 2.75) is 49.7 Å². The van der Waals surface area contributed by atoms with E-state index in [0.29, 0.717) is 11.1 Å². The molecule has 0 saturated carbocycles. The van der Waals surface area contributed by atoms with Crippen molar-refractivity contribution < 1.29 is 5.11 Å². The second-order valence-corrected chi connectivity index (χ2v) is 6.39. The van der Waals surface area contributed by atoms with E-state index in [1.807, 2.05) is 4.57 Å². The fourth-order valence-electron chi connectivity index (χ4n) is 2.72. The lowest BCUT2D eigenvalue weighted by Crippen LogP contribution is -2.08. The molecule has 0 radical (unpaired) electrons. The zero-order valence-electron chi connectivity index (χ0n) is 11.6. The van der Waals surface area contributed by atoms with Gasteiger partial charge < -0.3 is 9.67 Å². The first-order valence-electron chi connectivity index (χ1n) is 7.08. The zero-order chi connectivity index (χ0) is 13.9. The molecule has 1 N–H and O–H groups in total. The Morgan fingerprint density at radius 3 is 2.55 bits per heavy atom. The number of rotatable bonds is 5. The van der Waals surface area contributed by atoms with Gasteiger partial charge in [0, 0.05) is 11.8 Å². The Bertz CT molecular complexity index is 572. The maximum Gasteiger partial charge on any atom is 0.191 e. The van der Waals surface area contributed by atoms with Crippen molar-refractivity contribution in [3.8, 4) is 0 Å². The molecule has 4 nitrogen and oxygen atoms in total. The third-order valence-corrected chi connectivity index (χ3v) is 4.85. The summed E-state index contributed by atoms with van der Waals surface area (Å²) >= 11 is 1.79. The summed E-state index contributed by atoms with van der Waals surface area (Å²) in [5.74, 6) is 0.671. The van der Waals surface area contributed by atoms with E-state index in [2.05, 4.69) is 41.4 Å². The Labute approximate surface area is 123 Å². The Morgan fingerprint density at radius 1 is 1.25 bits per heavy atom. The van der Waals surface area contributed by atoms with Crippen LogP contribution in [0.25, 0.3) is 0 Å². The summed E-state index contributed by atoms with van der Waals surface area (Å²) in [7, 11) is 0. The van der Waals surface area contributed by atoms with Crippen molar-refractivity contribution in [3.63, 3.8) is 0 Å². The molecule has 0 fully saturated rings. The van der Waals surface area contributed by atoms with Crippen LogP contribution in [0.5, 0.6) is 0 Å². The number of fused-ring (bicyclic) bond motifs is 1. The number of hydrogen-bond donors (Lipinski definition) is 1. The molecule has 0 atom stereocenters. The molecule has 2 aromatic rings. The fourth-order valence-corrected chi connectivity index (χ4v) is 3.96. The van der Waals surface area contributed by atoms with Crippen LogP contribution in [-0.2, 0) is 26.0 Å². The SMILES string of the molecule is CCCn1c(CO)nnc1SC1Cc2ccccc2C1. The molecule has 1 heterocycles. The monoisotopic (exact) mass is 289 g/mol. The largest absolute Gasteiger partial charge is 0.388 e. The van der Waals surface area contributed by atoms with Crippen LogP contribution in [0.1, 0.15) is 30.3 Å². The van der Waals surface area contributed by atoms with Crippen molar-refractivity contribution in [3.05, 3.63) is 41.2 Å². The number of nitrogens with zero attached hydrogens (tertiary/aromatic N) is 3.